The molecule has 0 saturated carbocycles. The summed E-state index contributed by atoms with van der Waals surface area (Å²) in [6, 6.07) is 5.49. The minimum Gasteiger partial charge on any atom is -0.493 e. The number of methoxy groups -OCH3 is 1. The molecular weight excluding hydrogens is 338 g/mol. The highest BCUT2D eigenvalue weighted by atomic mass is 32.1. The second kappa shape index (κ2) is 8.82. The number of carbonyl (C=O) groups is 1. The number of amides is 1. The summed E-state index contributed by atoms with van der Waals surface area (Å²) in [4.78, 5) is 16.5. The molecule has 0 spiro atoms. The van der Waals surface area contributed by atoms with Crippen molar-refractivity contribution in [1.29, 1.82) is 0 Å². The molecule has 136 valence electrons. The van der Waals surface area contributed by atoms with Crippen LogP contribution in [0, 0.1) is 5.92 Å². The first-order chi connectivity index (χ1) is 11.9. The van der Waals surface area contributed by atoms with Gasteiger partial charge in [0.25, 0.3) is 5.91 Å². The van der Waals surface area contributed by atoms with Gasteiger partial charge in [-0.05, 0) is 30.5 Å². The third-order valence-electron chi connectivity index (χ3n) is 3.57. The molecular formula is C18H25N3O3S. The summed E-state index contributed by atoms with van der Waals surface area (Å²) < 4.78 is 11.2. The molecule has 1 amide bonds. The van der Waals surface area contributed by atoms with Gasteiger partial charge in [-0.3, -0.25) is 4.79 Å². The number of benzene rings is 1. The molecule has 3 N–H and O–H groups in total. The van der Waals surface area contributed by atoms with E-state index in [4.69, 9.17) is 15.2 Å². The Morgan fingerprint density at radius 1 is 1.32 bits per heavy atom. The van der Waals surface area contributed by atoms with Crippen molar-refractivity contribution in [2.75, 3.05) is 13.7 Å². The summed E-state index contributed by atoms with van der Waals surface area (Å²) in [7, 11) is 1.61. The van der Waals surface area contributed by atoms with Gasteiger partial charge in [0, 0.05) is 11.9 Å². The lowest BCUT2D eigenvalue weighted by molar-refractivity contribution is 0.0935. The van der Waals surface area contributed by atoms with Crippen LogP contribution in [0.2, 0.25) is 0 Å². The zero-order valence-corrected chi connectivity index (χ0v) is 15.9. The number of hydrogen-bond acceptors (Lipinski definition) is 6. The quantitative estimate of drug-likeness (QED) is 0.752. The van der Waals surface area contributed by atoms with Gasteiger partial charge in [0.1, 0.15) is 10.7 Å². The predicted molar refractivity (Wildman–Crippen MR) is 99.2 cm³/mol. The Morgan fingerprint density at radius 3 is 2.68 bits per heavy atom. The second-order valence-electron chi connectivity index (χ2n) is 6.14. The molecule has 0 aliphatic carbocycles. The number of nitrogens with zero attached hydrogens (tertiary/aromatic N) is 1. The van der Waals surface area contributed by atoms with Crippen molar-refractivity contribution in [3.05, 3.63) is 39.8 Å². The van der Waals surface area contributed by atoms with Crippen molar-refractivity contribution in [2.24, 2.45) is 11.7 Å². The molecule has 0 radical (unpaired) electrons. The minimum absolute atomic E-state index is 0.191. The van der Waals surface area contributed by atoms with Gasteiger partial charge >= 0.3 is 0 Å². The highest BCUT2D eigenvalue weighted by Gasteiger charge is 2.16. The molecule has 1 atom stereocenters. The molecule has 0 aliphatic rings. The molecule has 1 heterocycles. The number of thiazole rings is 1. The van der Waals surface area contributed by atoms with E-state index in [-0.39, 0.29) is 11.9 Å². The Kier molecular flexibility index (Phi) is 6.78. The first kappa shape index (κ1) is 19.2. The Balaban J connectivity index is 2.07. The SMILES string of the molecule is COc1cc(C(C)NC(=O)c2csc(CN)n2)ccc1OCC(C)C. The van der Waals surface area contributed by atoms with Gasteiger partial charge in [0.05, 0.1) is 19.8 Å². The fraction of sp³-hybridized carbons (Fsp3) is 0.444. The summed E-state index contributed by atoms with van der Waals surface area (Å²) >= 11 is 1.38. The number of nitrogens with two attached hydrogens (primary N) is 1. The van der Waals surface area contributed by atoms with Crippen molar-refractivity contribution in [1.82, 2.24) is 10.3 Å². The Labute approximate surface area is 152 Å². The van der Waals surface area contributed by atoms with Crippen LogP contribution in [-0.4, -0.2) is 24.6 Å². The number of ether oxygens (including phenoxy) is 2. The monoisotopic (exact) mass is 363 g/mol. The van der Waals surface area contributed by atoms with Crippen molar-refractivity contribution in [2.45, 2.75) is 33.4 Å². The van der Waals surface area contributed by atoms with E-state index < -0.39 is 0 Å². The number of rotatable bonds is 8. The van der Waals surface area contributed by atoms with Gasteiger partial charge in [-0.2, -0.15) is 0 Å². The number of hydrogen-bond donors (Lipinski definition) is 2. The normalized spacial score (nSPS) is 12.1. The lowest BCUT2D eigenvalue weighted by atomic mass is 10.1. The van der Waals surface area contributed by atoms with Crippen molar-refractivity contribution < 1.29 is 14.3 Å². The van der Waals surface area contributed by atoms with Crippen LogP contribution >= 0.6 is 11.3 Å². The van der Waals surface area contributed by atoms with Crippen LogP contribution in [0.5, 0.6) is 11.5 Å². The van der Waals surface area contributed by atoms with E-state index >= 15 is 0 Å². The molecule has 1 aromatic heterocycles. The average molecular weight is 363 g/mol. The van der Waals surface area contributed by atoms with Crippen molar-refractivity contribution in [3.8, 4) is 11.5 Å². The van der Waals surface area contributed by atoms with Gasteiger partial charge in [-0.15, -0.1) is 11.3 Å². The van der Waals surface area contributed by atoms with Gasteiger partial charge in [0.2, 0.25) is 0 Å². The molecule has 0 fully saturated rings. The maximum absolute atomic E-state index is 12.3. The largest absolute Gasteiger partial charge is 0.493 e. The molecule has 0 bridgehead atoms. The fourth-order valence-corrected chi connectivity index (χ4v) is 2.85. The predicted octanol–water partition coefficient (Wildman–Crippen LogP) is 3.14. The zero-order valence-electron chi connectivity index (χ0n) is 15.0. The van der Waals surface area contributed by atoms with Crippen LogP contribution in [0.25, 0.3) is 0 Å². The molecule has 2 aromatic rings. The van der Waals surface area contributed by atoms with Crippen LogP contribution in [0.4, 0.5) is 0 Å². The van der Waals surface area contributed by atoms with Gasteiger partial charge < -0.3 is 20.5 Å². The summed E-state index contributed by atoms with van der Waals surface area (Å²) in [6.45, 7) is 7.05. The van der Waals surface area contributed by atoms with Gasteiger partial charge in [0.15, 0.2) is 11.5 Å². The van der Waals surface area contributed by atoms with Crippen LogP contribution in [-0.2, 0) is 6.54 Å². The highest BCUT2D eigenvalue weighted by molar-refractivity contribution is 7.09. The fourth-order valence-electron chi connectivity index (χ4n) is 2.19. The summed E-state index contributed by atoms with van der Waals surface area (Å²) in [5, 5.41) is 5.40. The Morgan fingerprint density at radius 2 is 2.08 bits per heavy atom. The first-order valence-electron chi connectivity index (χ1n) is 8.20. The standard InChI is InChI=1S/C18H25N3O3S/c1-11(2)9-24-15-6-5-13(7-16(15)23-4)12(3)20-18(22)14-10-25-17(8-19)21-14/h5-7,10-12H,8-9,19H2,1-4H3,(H,20,22). The third-order valence-corrected chi connectivity index (χ3v) is 4.44. The molecule has 0 aliphatic heterocycles. The van der Waals surface area contributed by atoms with Crippen LogP contribution < -0.4 is 20.5 Å². The van der Waals surface area contributed by atoms with E-state index in [0.29, 0.717) is 36.3 Å². The molecule has 2 rings (SSSR count). The summed E-state index contributed by atoms with van der Waals surface area (Å²) in [5.74, 6) is 1.56. The maximum Gasteiger partial charge on any atom is 0.271 e. The summed E-state index contributed by atoms with van der Waals surface area (Å²) in [6.07, 6.45) is 0. The lowest BCUT2D eigenvalue weighted by Gasteiger charge is -2.17. The van der Waals surface area contributed by atoms with E-state index in [1.165, 1.54) is 11.3 Å². The zero-order chi connectivity index (χ0) is 18.4. The minimum atomic E-state index is -0.220. The number of nitrogens with one attached hydrogen (secondary N) is 1. The van der Waals surface area contributed by atoms with E-state index in [9.17, 15) is 4.79 Å². The van der Waals surface area contributed by atoms with Crippen molar-refractivity contribution in [3.63, 3.8) is 0 Å². The van der Waals surface area contributed by atoms with E-state index in [1.807, 2.05) is 25.1 Å². The molecule has 0 saturated heterocycles. The maximum atomic E-state index is 12.3. The van der Waals surface area contributed by atoms with E-state index in [2.05, 4.69) is 24.1 Å². The summed E-state index contributed by atoms with van der Waals surface area (Å²) in [5.41, 5.74) is 6.85. The van der Waals surface area contributed by atoms with Gasteiger partial charge in [-0.1, -0.05) is 19.9 Å². The van der Waals surface area contributed by atoms with E-state index in [1.54, 1.807) is 12.5 Å². The Bertz CT molecular complexity index is 715. The highest BCUT2D eigenvalue weighted by Crippen LogP contribution is 2.30. The molecule has 6 nitrogen and oxygen atoms in total. The number of carbonyl (C=O) groups excluding carboxylic acids is 1. The van der Waals surface area contributed by atoms with Crippen LogP contribution in [0.15, 0.2) is 23.6 Å². The van der Waals surface area contributed by atoms with Crippen LogP contribution in [0.3, 0.4) is 0 Å². The Hall–Kier alpha value is -2.12. The number of aromatic nitrogens is 1. The second-order valence-corrected chi connectivity index (χ2v) is 7.08. The molecule has 1 unspecified atom stereocenters. The van der Waals surface area contributed by atoms with Crippen LogP contribution in [0.1, 0.15) is 47.9 Å². The topological polar surface area (TPSA) is 86.5 Å². The lowest BCUT2D eigenvalue weighted by Crippen LogP contribution is -2.27. The van der Waals surface area contributed by atoms with Gasteiger partial charge in [-0.25, -0.2) is 4.98 Å². The smallest absolute Gasteiger partial charge is 0.271 e. The average Bonchev–Trinajstić information content (AvgIpc) is 3.08. The third kappa shape index (κ3) is 5.17. The first-order valence-corrected chi connectivity index (χ1v) is 9.08. The molecule has 1 aromatic carbocycles. The molecule has 7 heteroatoms. The molecule has 25 heavy (non-hydrogen) atoms. The van der Waals surface area contributed by atoms with E-state index in [0.717, 1.165) is 10.6 Å². The van der Waals surface area contributed by atoms with Crippen molar-refractivity contribution >= 4 is 17.2 Å².